The highest BCUT2D eigenvalue weighted by Crippen LogP contribution is 2.69. The summed E-state index contributed by atoms with van der Waals surface area (Å²) < 4.78 is 6.79. The van der Waals surface area contributed by atoms with Crippen molar-refractivity contribution in [3.63, 3.8) is 0 Å². The number of aromatic hydroxyl groups is 1. The fourth-order valence-corrected chi connectivity index (χ4v) is 8.73. The van der Waals surface area contributed by atoms with Gasteiger partial charge in [-0.05, 0) is 85.9 Å². The summed E-state index contributed by atoms with van der Waals surface area (Å²) >= 11 is 0. The van der Waals surface area contributed by atoms with Gasteiger partial charge in [-0.25, -0.2) is 0 Å². The predicted octanol–water partition coefficient (Wildman–Crippen LogP) is 5.25. The van der Waals surface area contributed by atoms with Crippen LogP contribution in [0, 0.1) is 24.2 Å². The summed E-state index contributed by atoms with van der Waals surface area (Å²) in [5.74, 6) is 6.65. The minimum atomic E-state index is -0.246. The van der Waals surface area contributed by atoms with E-state index in [1.54, 1.807) is 6.07 Å². The second-order valence-corrected chi connectivity index (χ2v) is 12.8. The molecule has 1 saturated carbocycles. The minimum absolute atomic E-state index is 0.0215. The molecule has 2 heterocycles. The molecule has 41 heavy (non-hydrogen) atoms. The van der Waals surface area contributed by atoms with E-state index in [1.165, 1.54) is 16.7 Å². The van der Waals surface area contributed by atoms with Crippen molar-refractivity contribution in [1.82, 2.24) is 9.80 Å². The summed E-state index contributed by atoms with van der Waals surface area (Å²) in [5.41, 5.74) is 5.58. The van der Waals surface area contributed by atoms with Gasteiger partial charge in [-0.2, -0.15) is 0 Å². The lowest BCUT2D eigenvalue weighted by Crippen LogP contribution is -2.73. The van der Waals surface area contributed by atoms with Crippen molar-refractivity contribution in [3.8, 4) is 23.3 Å². The number of ether oxygens (including phenoxy) is 1. The minimum Gasteiger partial charge on any atom is -0.504 e. The summed E-state index contributed by atoms with van der Waals surface area (Å²) in [4.78, 5) is 18.0. The molecule has 0 unspecified atom stereocenters. The van der Waals surface area contributed by atoms with E-state index in [-0.39, 0.29) is 34.6 Å². The van der Waals surface area contributed by atoms with E-state index in [0.29, 0.717) is 11.8 Å². The third-order valence-corrected chi connectivity index (χ3v) is 10.8. The molecule has 7 rings (SSSR count). The van der Waals surface area contributed by atoms with Crippen molar-refractivity contribution in [1.29, 1.82) is 0 Å². The lowest BCUT2D eigenvalue weighted by atomic mass is 9.43. The molecular formula is C36H38N2O3. The van der Waals surface area contributed by atoms with E-state index >= 15 is 0 Å². The molecule has 5 nitrogen and oxygen atoms in total. The Kier molecular flexibility index (Phi) is 6.17. The van der Waals surface area contributed by atoms with Crippen molar-refractivity contribution in [2.75, 3.05) is 20.1 Å². The number of likely N-dealkylation sites (tertiary alicyclic amines) is 1. The molecule has 5 heteroatoms. The maximum atomic E-state index is 13.5. The van der Waals surface area contributed by atoms with Gasteiger partial charge in [0.05, 0.1) is 6.04 Å². The fourth-order valence-electron chi connectivity index (χ4n) is 8.73. The van der Waals surface area contributed by atoms with Crippen LogP contribution in [0.25, 0.3) is 0 Å². The number of hydrogen-bond acceptors (Lipinski definition) is 4. The van der Waals surface area contributed by atoms with Gasteiger partial charge in [-0.1, -0.05) is 61.4 Å². The number of hydrogen-bond donors (Lipinski definition) is 1. The van der Waals surface area contributed by atoms with E-state index < -0.39 is 0 Å². The second kappa shape index (κ2) is 9.67. The third-order valence-electron chi connectivity index (χ3n) is 10.8. The largest absolute Gasteiger partial charge is 0.504 e. The SMILES string of the molecule is Cc1cccc(C#CC(=O)N(C)[C@@H]2CC[C@@]3(C)[C@H]4Cc5ccc(O)c6c5[C@@]3(CCN4CCc3ccccc3)[C@H]2O6)c1. The van der Waals surface area contributed by atoms with Gasteiger partial charge in [-0.15, -0.1) is 0 Å². The van der Waals surface area contributed by atoms with Gasteiger partial charge in [0.15, 0.2) is 11.5 Å². The van der Waals surface area contributed by atoms with Crippen molar-refractivity contribution >= 4 is 5.91 Å². The lowest BCUT2D eigenvalue weighted by molar-refractivity contribution is -0.149. The average molecular weight is 547 g/mol. The lowest BCUT2D eigenvalue weighted by Gasteiger charge is -2.66. The highest BCUT2D eigenvalue weighted by Gasteiger charge is 2.71. The Morgan fingerprint density at radius 2 is 1.95 bits per heavy atom. The summed E-state index contributed by atoms with van der Waals surface area (Å²) in [6.45, 7) is 6.50. The van der Waals surface area contributed by atoms with Crippen molar-refractivity contribution in [2.45, 2.75) is 69.6 Å². The molecule has 0 radical (unpaired) electrons. The Labute approximate surface area is 243 Å². The molecule has 1 spiro atoms. The third kappa shape index (κ3) is 3.91. The number of amides is 1. The highest BCUT2D eigenvalue weighted by molar-refractivity contribution is 5.94. The molecule has 210 valence electrons. The molecular weight excluding hydrogens is 508 g/mol. The van der Waals surface area contributed by atoms with Crippen LogP contribution in [0.1, 0.15) is 54.0 Å². The molecule has 3 aromatic rings. The number of rotatable bonds is 4. The van der Waals surface area contributed by atoms with Crippen LogP contribution >= 0.6 is 0 Å². The van der Waals surface area contributed by atoms with E-state index in [4.69, 9.17) is 4.74 Å². The van der Waals surface area contributed by atoms with Crippen LogP contribution in [-0.2, 0) is 23.1 Å². The van der Waals surface area contributed by atoms with E-state index in [9.17, 15) is 9.90 Å². The first-order chi connectivity index (χ1) is 19.8. The number of aryl methyl sites for hydroxylation is 1. The summed E-state index contributed by atoms with van der Waals surface area (Å²) in [6.07, 6.45) is 4.60. The molecule has 0 aromatic heterocycles. The van der Waals surface area contributed by atoms with Crippen molar-refractivity contribution in [3.05, 3.63) is 94.5 Å². The Morgan fingerprint density at radius 3 is 2.76 bits per heavy atom. The molecule has 2 fully saturated rings. The van der Waals surface area contributed by atoms with Gasteiger partial charge < -0.3 is 14.7 Å². The van der Waals surface area contributed by atoms with Gasteiger partial charge in [-0.3, -0.25) is 9.69 Å². The first-order valence-corrected chi connectivity index (χ1v) is 15.0. The zero-order valence-electron chi connectivity index (χ0n) is 24.2. The number of phenolic OH excluding ortho intramolecular Hbond substituents is 1. The molecule has 1 saturated heterocycles. The zero-order chi connectivity index (χ0) is 28.4. The molecule has 4 aliphatic rings. The number of phenols is 1. The van der Waals surface area contributed by atoms with Gasteiger partial charge in [0.25, 0.3) is 5.91 Å². The number of nitrogens with zero attached hydrogens (tertiary/aromatic N) is 2. The Balaban J connectivity index is 1.22. The Bertz CT molecular complexity index is 1570. The van der Waals surface area contributed by atoms with E-state index in [2.05, 4.69) is 60.1 Å². The van der Waals surface area contributed by atoms with Crippen LogP contribution in [0.3, 0.4) is 0 Å². The summed E-state index contributed by atoms with van der Waals surface area (Å²) in [5, 5.41) is 11.0. The maximum absolute atomic E-state index is 13.5. The molecule has 2 bridgehead atoms. The normalized spacial score (nSPS) is 29.1. The summed E-state index contributed by atoms with van der Waals surface area (Å²) in [7, 11) is 1.87. The molecule has 1 amide bonds. The average Bonchev–Trinajstić information content (AvgIpc) is 3.33. The summed E-state index contributed by atoms with van der Waals surface area (Å²) in [6, 6.07) is 22.9. The van der Waals surface area contributed by atoms with E-state index in [0.717, 1.165) is 56.3 Å². The maximum Gasteiger partial charge on any atom is 0.298 e. The topological polar surface area (TPSA) is 53.0 Å². The van der Waals surface area contributed by atoms with Gasteiger partial charge >= 0.3 is 0 Å². The number of benzene rings is 3. The quantitative estimate of drug-likeness (QED) is 0.454. The first-order valence-electron chi connectivity index (χ1n) is 15.0. The van der Waals surface area contributed by atoms with Gasteiger partial charge in [0.2, 0.25) is 0 Å². The van der Waals surface area contributed by atoms with E-state index in [1.807, 2.05) is 43.1 Å². The van der Waals surface area contributed by atoms with Crippen LogP contribution in [0.5, 0.6) is 11.5 Å². The standard InChI is InChI=1S/C36H38N2O3/c1-24-8-7-11-26(22-24)12-15-31(40)37(3)28-16-18-35(2)30-23-27-13-14-29(39)33-32(27)36(35,34(28)41-33)19-21-38(30)20-17-25-9-5-4-6-10-25/h4-11,13-14,22,28,30,34,39H,16-21,23H2,1-3H3/t28-,30-,34+,35+,36+/m1/s1. The van der Waals surface area contributed by atoms with Crippen LogP contribution in [0.4, 0.5) is 0 Å². The van der Waals surface area contributed by atoms with Crippen LogP contribution in [0.2, 0.25) is 0 Å². The monoisotopic (exact) mass is 546 g/mol. The fraction of sp³-hybridized carbons (Fsp3) is 0.417. The number of piperidine rings is 1. The number of carbonyl (C=O) groups is 1. The zero-order valence-corrected chi connectivity index (χ0v) is 24.2. The first kappa shape index (κ1) is 26.2. The van der Waals surface area contributed by atoms with Crippen LogP contribution < -0.4 is 4.74 Å². The van der Waals surface area contributed by atoms with Crippen LogP contribution in [0.15, 0.2) is 66.7 Å². The van der Waals surface area contributed by atoms with Crippen molar-refractivity contribution < 1.29 is 14.6 Å². The van der Waals surface area contributed by atoms with Gasteiger partial charge in [0.1, 0.15) is 6.10 Å². The van der Waals surface area contributed by atoms with Crippen molar-refractivity contribution in [2.24, 2.45) is 5.41 Å². The number of carbonyl (C=O) groups excluding carboxylic acids is 1. The molecule has 2 aliphatic carbocycles. The van der Waals surface area contributed by atoms with Gasteiger partial charge in [0, 0.05) is 42.1 Å². The highest BCUT2D eigenvalue weighted by atomic mass is 16.5. The Hall–Kier alpha value is -3.75. The second-order valence-electron chi connectivity index (χ2n) is 12.8. The van der Waals surface area contributed by atoms with Crippen LogP contribution in [-0.4, -0.2) is 59.1 Å². The number of likely N-dealkylation sites (N-methyl/N-ethyl adjacent to an activating group) is 1. The predicted molar refractivity (Wildman–Crippen MR) is 160 cm³/mol. The molecule has 5 atom stereocenters. The molecule has 1 N–H and O–H groups in total. The smallest absolute Gasteiger partial charge is 0.298 e. The molecule has 2 aliphatic heterocycles. The Morgan fingerprint density at radius 1 is 1.12 bits per heavy atom. The molecule has 3 aromatic carbocycles.